The lowest BCUT2D eigenvalue weighted by Gasteiger charge is -2.16. The largest absolute Gasteiger partial charge is 0.481 e. The Morgan fingerprint density at radius 2 is 1.26 bits per heavy atom. The van der Waals surface area contributed by atoms with E-state index < -0.39 is 5.97 Å². The van der Waals surface area contributed by atoms with Crippen LogP contribution in [0.3, 0.4) is 0 Å². The Morgan fingerprint density at radius 3 is 1.89 bits per heavy atom. The van der Waals surface area contributed by atoms with Crippen LogP contribution in [-0.2, 0) is 19.2 Å². The van der Waals surface area contributed by atoms with Crippen molar-refractivity contribution >= 4 is 98.0 Å². The van der Waals surface area contributed by atoms with Crippen molar-refractivity contribution in [1.29, 1.82) is 0 Å². The predicted molar refractivity (Wildman–Crippen MR) is 263 cm³/mol. The number of unbranched alkanes of at least 4 members (excludes halogenated alkanes) is 3. The third-order valence-corrected chi connectivity index (χ3v) is 14.6. The lowest BCUT2D eigenvalue weighted by molar-refractivity contribution is -0.137. The Labute approximate surface area is 389 Å². The first kappa shape index (κ1) is 47.5. The number of aromatic nitrogens is 4. The molecule has 3 aromatic heterocycles. The summed E-state index contributed by atoms with van der Waals surface area (Å²) in [4.78, 5) is 78.8. The number of aromatic amines is 2. The second kappa shape index (κ2) is 21.3. The second-order valence-electron chi connectivity index (χ2n) is 17.5. The molecule has 4 aliphatic rings. The van der Waals surface area contributed by atoms with Gasteiger partial charge in [-0.25, -0.2) is 14.8 Å². The number of allylic oxidation sites excluding steroid dienone is 4. The topological polar surface area (TPSA) is 223 Å². The van der Waals surface area contributed by atoms with E-state index in [1.165, 1.54) is 0 Å². The maximum Gasteiger partial charge on any atom is 0.315 e. The first-order chi connectivity index (χ1) is 31.7. The zero-order valence-electron chi connectivity index (χ0n) is 38.3. The molecule has 5 amide bonds. The van der Waals surface area contributed by atoms with E-state index in [0.29, 0.717) is 53.8 Å². The van der Waals surface area contributed by atoms with Gasteiger partial charge in [-0.2, -0.15) is 11.8 Å². The van der Waals surface area contributed by atoms with E-state index in [4.69, 9.17) is 9.97 Å². The van der Waals surface area contributed by atoms with Crippen LogP contribution in [0.4, 0.5) is 4.79 Å². The van der Waals surface area contributed by atoms with Gasteiger partial charge in [0.15, 0.2) is 0 Å². The lowest BCUT2D eigenvalue weighted by Crippen LogP contribution is -2.41. The number of rotatable bonds is 19. The van der Waals surface area contributed by atoms with E-state index in [2.05, 4.69) is 56.0 Å². The summed E-state index contributed by atoms with van der Waals surface area (Å²) < 4.78 is 0. The van der Waals surface area contributed by atoms with E-state index in [9.17, 15) is 29.1 Å². The van der Waals surface area contributed by atoms with Gasteiger partial charge in [-0.15, -0.1) is 0 Å². The number of thioether (sulfide) groups is 1. The van der Waals surface area contributed by atoms with Gasteiger partial charge in [0.1, 0.15) is 0 Å². The lowest BCUT2D eigenvalue weighted by atomic mass is 9.98. The van der Waals surface area contributed by atoms with E-state index in [0.717, 1.165) is 104 Å². The SMILES string of the molecule is C=Cc1c(C)c2cc3[nH]c(cc4nc(cc5nc(cc1[nH]2)C(C)=C5CCC(=O)NNC(=O)CCCCCNC(=O)CCCCC1SCC2NC(=O)NC21)C(CCC(=O)O)=C4C)c(C)c3C=C. The summed E-state index contributed by atoms with van der Waals surface area (Å²) in [6, 6.07) is 8.22. The smallest absolute Gasteiger partial charge is 0.315 e. The third-order valence-electron chi connectivity index (χ3n) is 13.1. The van der Waals surface area contributed by atoms with E-state index in [-0.39, 0.29) is 61.5 Å². The fraction of sp³-hybridized carbons (Fsp3) is 0.420. The van der Waals surface area contributed by atoms with Crippen LogP contribution in [0.1, 0.15) is 136 Å². The number of hydrogen-bond donors (Lipinski definition) is 8. The van der Waals surface area contributed by atoms with Crippen molar-refractivity contribution in [2.45, 2.75) is 122 Å². The molecule has 3 atom stereocenters. The summed E-state index contributed by atoms with van der Waals surface area (Å²) in [5.74, 6) is -0.609. The maximum absolute atomic E-state index is 13.2. The van der Waals surface area contributed by atoms with E-state index in [1.807, 2.05) is 69.8 Å². The summed E-state index contributed by atoms with van der Waals surface area (Å²) in [6.07, 6.45) is 9.76. The number of hydrogen-bond acceptors (Lipinski definition) is 8. The molecule has 4 aliphatic heterocycles. The molecule has 66 heavy (non-hydrogen) atoms. The summed E-state index contributed by atoms with van der Waals surface area (Å²) in [5.41, 5.74) is 18.5. The van der Waals surface area contributed by atoms with Crippen molar-refractivity contribution in [3.63, 3.8) is 0 Å². The number of nitrogens with one attached hydrogen (secondary N) is 7. The van der Waals surface area contributed by atoms with Crippen molar-refractivity contribution in [2.75, 3.05) is 12.3 Å². The van der Waals surface area contributed by atoms with Crippen LogP contribution in [-0.4, -0.2) is 84.4 Å². The Hall–Kier alpha value is -6.42. The highest BCUT2D eigenvalue weighted by Crippen LogP contribution is 2.38. The number of carbonyl (C=O) groups is 5. The fourth-order valence-corrected chi connectivity index (χ4v) is 10.8. The predicted octanol–water partition coefficient (Wildman–Crippen LogP) is 8.27. The van der Waals surface area contributed by atoms with Crippen molar-refractivity contribution in [3.8, 4) is 0 Å². The van der Waals surface area contributed by atoms with Crippen molar-refractivity contribution in [3.05, 3.63) is 82.5 Å². The molecule has 0 aromatic carbocycles. The molecule has 7 rings (SSSR count). The van der Waals surface area contributed by atoms with Crippen LogP contribution in [0.25, 0.3) is 56.5 Å². The molecule has 2 fully saturated rings. The molecule has 8 bridgehead atoms. The third kappa shape index (κ3) is 11.0. The molecule has 2 saturated heterocycles. The highest BCUT2D eigenvalue weighted by molar-refractivity contribution is 8.00. The molecular formula is C50H61N9O6S. The summed E-state index contributed by atoms with van der Waals surface area (Å²) in [7, 11) is 0. The zero-order chi connectivity index (χ0) is 47.1. The second-order valence-corrected chi connectivity index (χ2v) is 18.7. The average Bonchev–Trinajstić information content (AvgIpc) is 4.10. The normalized spacial score (nSPS) is 17.6. The Balaban J connectivity index is 0.968. The number of urea groups is 1. The minimum absolute atomic E-state index is 0.0238. The monoisotopic (exact) mass is 915 g/mol. The van der Waals surface area contributed by atoms with Gasteiger partial charge in [0.25, 0.3) is 0 Å². The number of nitrogens with zero attached hydrogens (tertiary/aromatic N) is 2. The number of hydrazine groups is 1. The zero-order valence-corrected chi connectivity index (χ0v) is 39.1. The Bertz CT molecular complexity index is 2690. The number of fused-ring (bicyclic) bond motifs is 9. The first-order valence-corrected chi connectivity index (χ1v) is 24.0. The molecule has 0 saturated carbocycles. The molecule has 348 valence electrons. The maximum atomic E-state index is 13.2. The number of aliphatic carboxylic acids is 1. The summed E-state index contributed by atoms with van der Waals surface area (Å²) in [6.45, 7) is 16.7. The highest BCUT2D eigenvalue weighted by Gasteiger charge is 2.42. The van der Waals surface area contributed by atoms with Crippen LogP contribution in [0.15, 0.2) is 37.4 Å². The van der Waals surface area contributed by atoms with Gasteiger partial charge in [-0.05, 0) is 124 Å². The summed E-state index contributed by atoms with van der Waals surface area (Å²) >= 11 is 1.88. The highest BCUT2D eigenvalue weighted by atomic mass is 32.2. The minimum Gasteiger partial charge on any atom is -0.481 e. The van der Waals surface area contributed by atoms with Crippen LogP contribution >= 0.6 is 11.8 Å². The Morgan fingerprint density at radius 1 is 0.697 bits per heavy atom. The van der Waals surface area contributed by atoms with Gasteiger partial charge >= 0.3 is 12.0 Å². The van der Waals surface area contributed by atoms with Crippen LogP contribution < -0.4 is 26.8 Å². The number of aryl methyl sites for hydroxylation is 2. The van der Waals surface area contributed by atoms with Gasteiger partial charge in [0, 0.05) is 76.4 Å². The van der Waals surface area contributed by atoms with Crippen LogP contribution in [0.5, 0.6) is 0 Å². The van der Waals surface area contributed by atoms with Gasteiger partial charge in [0.05, 0.1) is 34.9 Å². The molecule has 16 heteroatoms. The number of H-pyrrole nitrogens is 2. The minimum atomic E-state index is -0.908. The number of carboxylic acids is 1. The molecule has 0 aliphatic carbocycles. The van der Waals surface area contributed by atoms with Crippen molar-refractivity contribution < 1.29 is 29.1 Å². The molecule has 3 unspecified atom stereocenters. The van der Waals surface area contributed by atoms with Gasteiger partial charge in [-0.3, -0.25) is 30.0 Å². The van der Waals surface area contributed by atoms with E-state index >= 15 is 0 Å². The molecule has 0 radical (unpaired) electrons. The van der Waals surface area contributed by atoms with E-state index in [1.54, 1.807) is 0 Å². The quantitative estimate of drug-likeness (QED) is 0.0329. The number of carboxylic acid groups (broad SMARTS) is 1. The molecule has 7 heterocycles. The van der Waals surface area contributed by atoms with Crippen molar-refractivity contribution in [1.82, 2.24) is 46.7 Å². The molecule has 3 aromatic rings. The average molecular weight is 916 g/mol. The van der Waals surface area contributed by atoms with Crippen LogP contribution in [0.2, 0.25) is 0 Å². The molecule has 8 N–H and O–H groups in total. The van der Waals surface area contributed by atoms with Crippen molar-refractivity contribution in [2.24, 2.45) is 0 Å². The number of carbonyl (C=O) groups excluding carboxylic acids is 4. The molecule has 15 nitrogen and oxygen atoms in total. The standard InChI is InChI=1S/C50H61N9O6S/c1-7-31-27(3)35-22-36-30(6)34(18-20-48(63)64)42(54-36)25-41-33(29(5)38(55-41)24-40-32(8-2)28(4)37(53-40)23-39(31)52-35)17-19-47(62)59-58-46(61)16-10-9-13-21-51-45(60)15-12-11-14-44-49-43(26-66-44)56-50(65)57-49/h7-8,22-25,43-44,49,52-53H,1-2,9-21,26H2,3-6H3,(H,51,60)(H,58,61)(H,59,62)(H,63,64)(H2,56,57,65). The molecule has 0 spiro atoms. The molecular weight excluding hydrogens is 855 g/mol. The van der Waals surface area contributed by atoms with Gasteiger partial charge in [0.2, 0.25) is 17.7 Å². The summed E-state index contributed by atoms with van der Waals surface area (Å²) in [5, 5.41) is 19.0. The first-order valence-electron chi connectivity index (χ1n) is 22.9. The van der Waals surface area contributed by atoms with Gasteiger partial charge in [-0.1, -0.05) is 38.2 Å². The fourth-order valence-electron chi connectivity index (χ4n) is 9.22. The van der Waals surface area contributed by atoms with Crippen LogP contribution in [0, 0.1) is 13.8 Å². The Kier molecular flexibility index (Phi) is 15.3. The number of amides is 5. The van der Waals surface area contributed by atoms with Gasteiger partial charge < -0.3 is 31.0 Å².